The van der Waals surface area contributed by atoms with Crippen LogP contribution in [0.3, 0.4) is 0 Å². The number of carboxylic acids is 1. The molecule has 1 N–H and O–H groups in total. The second-order valence-electron chi connectivity index (χ2n) is 3.55. The lowest BCUT2D eigenvalue weighted by Crippen LogP contribution is -2.34. The SMILES string of the molecule is COCCN(CC(=O)O)c1nccc(C(F)(F)F)n1. The van der Waals surface area contributed by atoms with Gasteiger partial charge < -0.3 is 14.7 Å². The average molecular weight is 279 g/mol. The summed E-state index contributed by atoms with van der Waals surface area (Å²) in [5.41, 5.74) is -1.12. The molecule has 1 aromatic rings. The number of anilines is 1. The standard InChI is InChI=1S/C10H12F3N3O3/c1-19-5-4-16(6-8(17)18)9-14-3-2-7(15-9)10(11,12)13/h2-3H,4-6H2,1H3,(H,17,18). The van der Waals surface area contributed by atoms with Gasteiger partial charge in [0.2, 0.25) is 5.95 Å². The fourth-order valence-corrected chi connectivity index (χ4v) is 1.27. The first-order valence-electron chi connectivity index (χ1n) is 5.20. The minimum atomic E-state index is -4.60. The molecular weight excluding hydrogens is 267 g/mol. The lowest BCUT2D eigenvalue weighted by Gasteiger charge is -2.20. The highest BCUT2D eigenvalue weighted by Gasteiger charge is 2.33. The van der Waals surface area contributed by atoms with Crippen molar-refractivity contribution >= 4 is 11.9 Å². The molecule has 1 heterocycles. The molecule has 0 aliphatic rings. The molecule has 106 valence electrons. The molecule has 0 bridgehead atoms. The van der Waals surface area contributed by atoms with Crippen molar-refractivity contribution in [2.24, 2.45) is 0 Å². The molecule has 0 saturated heterocycles. The number of carboxylic acid groups (broad SMARTS) is 1. The van der Waals surface area contributed by atoms with Gasteiger partial charge in [-0.1, -0.05) is 0 Å². The first-order chi connectivity index (χ1) is 8.84. The van der Waals surface area contributed by atoms with Crippen LogP contribution in [0.2, 0.25) is 0 Å². The summed E-state index contributed by atoms with van der Waals surface area (Å²) in [6.45, 7) is -0.290. The van der Waals surface area contributed by atoms with E-state index in [0.29, 0.717) is 0 Å². The lowest BCUT2D eigenvalue weighted by molar-refractivity contribution is -0.141. The summed E-state index contributed by atoms with van der Waals surface area (Å²) in [5.74, 6) is -1.49. The van der Waals surface area contributed by atoms with Crippen LogP contribution in [0, 0.1) is 0 Å². The number of aromatic nitrogens is 2. The number of carbonyl (C=O) groups is 1. The zero-order chi connectivity index (χ0) is 14.5. The van der Waals surface area contributed by atoms with Gasteiger partial charge in [0, 0.05) is 19.9 Å². The summed E-state index contributed by atoms with van der Waals surface area (Å²) in [6.07, 6.45) is -3.67. The third kappa shape index (κ3) is 4.70. The summed E-state index contributed by atoms with van der Waals surface area (Å²) in [7, 11) is 1.39. The summed E-state index contributed by atoms with van der Waals surface area (Å²) in [5, 5.41) is 8.71. The molecule has 9 heteroatoms. The Kier molecular flexibility index (Phi) is 5.04. The zero-order valence-electron chi connectivity index (χ0n) is 10.0. The lowest BCUT2D eigenvalue weighted by atomic mass is 10.4. The maximum atomic E-state index is 12.5. The fourth-order valence-electron chi connectivity index (χ4n) is 1.27. The Hall–Kier alpha value is -1.90. The van der Waals surface area contributed by atoms with E-state index in [0.717, 1.165) is 17.2 Å². The van der Waals surface area contributed by atoms with E-state index in [1.165, 1.54) is 7.11 Å². The first kappa shape index (κ1) is 15.2. The van der Waals surface area contributed by atoms with E-state index in [4.69, 9.17) is 9.84 Å². The van der Waals surface area contributed by atoms with Crippen molar-refractivity contribution in [1.29, 1.82) is 0 Å². The number of halogens is 3. The van der Waals surface area contributed by atoms with Crippen LogP contribution in [-0.2, 0) is 15.7 Å². The third-order valence-electron chi connectivity index (χ3n) is 2.11. The van der Waals surface area contributed by atoms with Crippen molar-refractivity contribution in [2.45, 2.75) is 6.18 Å². The van der Waals surface area contributed by atoms with E-state index in [2.05, 4.69) is 9.97 Å². The first-order valence-corrected chi connectivity index (χ1v) is 5.20. The predicted octanol–water partition coefficient (Wildman–Crippen LogP) is 1.03. The molecule has 0 fully saturated rings. The van der Waals surface area contributed by atoms with E-state index in [9.17, 15) is 18.0 Å². The van der Waals surface area contributed by atoms with E-state index >= 15 is 0 Å². The van der Waals surface area contributed by atoms with Gasteiger partial charge in [-0.3, -0.25) is 4.79 Å². The summed E-state index contributed by atoms with van der Waals surface area (Å²) < 4.78 is 42.2. The summed E-state index contributed by atoms with van der Waals surface area (Å²) >= 11 is 0. The molecular formula is C10H12F3N3O3. The van der Waals surface area contributed by atoms with Crippen LogP contribution in [0.15, 0.2) is 12.3 Å². The average Bonchev–Trinajstić information content (AvgIpc) is 2.33. The molecule has 0 radical (unpaired) electrons. The van der Waals surface area contributed by atoms with Crippen LogP contribution in [-0.4, -0.2) is 47.8 Å². The Morgan fingerprint density at radius 2 is 2.21 bits per heavy atom. The van der Waals surface area contributed by atoms with Gasteiger partial charge in [-0.05, 0) is 6.07 Å². The second-order valence-corrected chi connectivity index (χ2v) is 3.55. The number of nitrogens with zero attached hydrogens (tertiary/aromatic N) is 3. The van der Waals surface area contributed by atoms with E-state index in [1.54, 1.807) is 0 Å². The van der Waals surface area contributed by atoms with Gasteiger partial charge in [0.25, 0.3) is 0 Å². The number of rotatable bonds is 6. The molecule has 1 aromatic heterocycles. The Morgan fingerprint density at radius 1 is 1.53 bits per heavy atom. The molecule has 0 atom stereocenters. The quantitative estimate of drug-likeness (QED) is 0.838. The normalized spacial score (nSPS) is 11.4. The molecule has 1 rings (SSSR count). The van der Waals surface area contributed by atoms with E-state index in [-0.39, 0.29) is 19.1 Å². The van der Waals surface area contributed by atoms with Gasteiger partial charge in [-0.15, -0.1) is 0 Å². The number of aliphatic carboxylic acids is 1. The van der Waals surface area contributed by atoms with E-state index < -0.39 is 24.4 Å². The Labute approximate surface area is 106 Å². The minimum Gasteiger partial charge on any atom is -0.480 e. The third-order valence-corrected chi connectivity index (χ3v) is 2.11. The molecule has 6 nitrogen and oxygen atoms in total. The Balaban J connectivity index is 2.97. The summed E-state index contributed by atoms with van der Waals surface area (Å²) in [6, 6.07) is 0.721. The number of hydrogen-bond acceptors (Lipinski definition) is 5. The van der Waals surface area contributed by atoms with Gasteiger partial charge in [-0.25, -0.2) is 9.97 Å². The van der Waals surface area contributed by atoms with Crippen molar-refractivity contribution in [2.75, 3.05) is 31.7 Å². The van der Waals surface area contributed by atoms with Gasteiger partial charge in [0.05, 0.1) is 6.61 Å². The maximum Gasteiger partial charge on any atom is 0.433 e. The van der Waals surface area contributed by atoms with Crippen LogP contribution < -0.4 is 4.90 Å². The van der Waals surface area contributed by atoms with Crippen LogP contribution in [0.4, 0.5) is 19.1 Å². The van der Waals surface area contributed by atoms with Gasteiger partial charge >= 0.3 is 12.1 Å². The second kappa shape index (κ2) is 6.32. The van der Waals surface area contributed by atoms with E-state index in [1.807, 2.05) is 0 Å². The molecule has 0 spiro atoms. The smallest absolute Gasteiger partial charge is 0.433 e. The molecule has 0 aliphatic heterocycles. The minimum absolute atomic E-state index is 0.0735. The highest BCUT2D eigenvalue weighted by molar-refractivity contribution is 5.72. The maximum absolute atomic E-state index is 12.5. The highest BCUT2D eigenvalue weighted by Crippen LogP contribution is 2.28. The van der Waals surface area contributed by atoms with Gasteiger partial charge in [-0.2, -0.15) is 13.2 Å². The van der Waals surface area contributed by atoms with Gasteiger partial charge in [0.1, 0.15) is 12.2 Å². The molecule has 0 unspecified atom stereocenters. The highest BCUT2D eigenvalue weighted by atomic mass is 19.4. The van der Waals surface area contributed by atoms with Crippen molar-refractivity contribution in [3.63, 3.8) is 0 Å². The van der Waals surface area contributed by atoms with Crippen LogP contribution in [0.5, 0.6) is 0 Å². The van der Waals surface area contributed by atoms with Crippen LogP contribution in [0.25, 0.3) is 0 Å². The molecule has 19 heavy (non-hydrogen) atoms. The number of alkyl halides is 3. The molecule has 0 aromatic carbocycles. The van der Waals surface area contributed by atoms with Crippen molar-refractivity contribution in [3.05, 3.63) is 18.0 Å². The number of hydrogen-bond donors (Lipinski definition) is 1. The van der Waals surface area contributed by atoms with Crippen molar-refractivity contribution in [1.82, 2.24) is 9.97 Å². The van der Waals surface area contributed by atoms with Crippen molar-refractivity contribution < 1.29 is 27.8 Å². The molecule has 0 amide bonds. The monoisotopic (exact) mass is 279 g/mol. The Bertz CT molecular complexity index is 440. The fraction of sp³-hybridized carbons (Fsp3) is 0.500. The molecule has 0 saturated carbocycles. The number of ether oxygens (including phenoxy) is 1. The van der Waals surface area contributed by atoms with Crippen molar-refractivity contribution in [3.8, 4) is 0 Å². The van der Waals surface area contributed by atoms with Gasteiger partial charge in [0.15, 0.2) is 0 Å². The zero-order valence-corrected chi connectivity index (χ0v) is 10.0. The topological polar surface area (TPSA) is 75.5 Å². The van der Waals surface area contributed by atoms with Crippen LogP contribution >= 0.6 is 0 Å². The number of methoxy groups -OCH3 is 1. The summed E-state index contributed by atoms with van der Waals surface area (Å²) in [4.78, 5) is 18.7. The largest absolute Gasteiger partial charge is 0.480 e. The van der Waals surface area contributed by atoms with Crippen LogP contribution in [0.1, 0.15) is 5.69 Å². The molecule has 0 aliphatic carbocycles. The Morgan fingerprint density at radius 3 is 2.74 bits per heavy atom. The predicted molar refractivity (Wildman–Crippen MR) is 58.8 cm³/mol.